The molecule has 164 valence electrons. The van der Waals surface area contributed by atoms with Gasteiger partial charge in [0.15, 0.2) is 23.6 Å². The Kier molecular flexibility index (Phi) is 6.55. The van der Waals surface area contributed by atoms with Crippen LogP contribution in [0.15, 0.2) is 60.0 Å². The van der Waals surface area contributed by atoms with Crippen LogP contribution in [0.2, 0.25) is 0 Å². The summed E-state index contributed by atoms with van der Waals surface area (Å²) in [5, 5.41) is 6.23. The Morgan fingerprint density at radius 1 is 1.09 bits per heavy atom. The summed E-state index contributed by atoms with van der Waals surface area (Å²) in [5.41, 5.74) is 9.86. The molecule has 0 spiro atoms. The first-order valence-corrected chi connectivity index (χ1v) is 11.0. The van der Waals surface area contributed by atoms with Crippen LogP contribution in [-0.4, -0.2) is 52.3 Å². The van der Waals surface area contributed by atoms with E-state index in [-0.39, 0.29) is 5.37 Å². The van der Waals surface area contributed by atoms with E-state index in [2.05, 4.69) is 9.97 Å². The summed E-state index contributed by atoms with van der Waals surface area (Å²) in [6, 6.07) is 13.6. The number of hydrazone groups is 1. The lowest BCUT2D eigenvalue weighted by Gasteiger charge is -2.30. The van der Waals surface area contributed by atoms with Gasteiger partial charge in [-0.25, -0.2) is 9.97 Å². The molecule has 2 heterocycles. The third-order valence-corrected chi connectivity index (χ3v) is 6.10. The van der Waals surface area contributed by atoms with Gasteiger partial charge in [0.05, 0.1) is 44.6 Å². The van der Waals surface area contributed by atoms with Crippen molar-refractivity contribution in [1.29, 1.82) is 0 Å². The fraction of sp³-hybridized carbons (Fsp3) is 0.217. The molecule has 8 nitrogen and oxygen atoms in total. The summed E-state index contributed by atoms with van der Waals surface area (Å²) < 4.78 is 10.7. The van der Waals surface area contributed by atoms with Crippen LogP contribution in [0.5, 0.6) is 11.5 Å². The largest absolute Gasteiger partial charge is 0.493 e. The molecule has 0 fully saturated rings. The van der Waals surface area contributed by atoms with Gasteiger partial charge in [0.25, 0.3) is 0 Å². The minimum absolute atomic E-state index is 0.365. The van der Waals surface area contributed by atoms with Crippen LogP contribution in [-0.2, 0) is 11.3 Å². The van der Waals surface area contributed by atoms with E-state index in [1.54, 1.807) is 31.6 Å². The van der Waals surface area contributed by atoms with Crippen LogP contribution < -0.4 is 15.2 Å². The lowest BCUT2D eigenvalue weighted by molar-refractivity contribution is -0.110. The van der Waals surface area contributed by atoms with Crippen LogP contribution in [0, 0.1) is 0 Å². The summed E-state index contributed by atoms with van der Waals surface area (Å²) in [6.45, 7) is 0.468. The van der Waals surface area contributed by atoms with E-state index in [0.29, 0.717) is 35.3 Å². The monoisotopic (exact) mass is 449 g/mol. The maximum absolute atomic E-state index is 11.7. The molecule has 1 aliphatic heterocycles. The minimum Gasteiger partial charge on any atom is -0.493 e. The zero-order chi connectivity index (χ0) is 22.5. The molecule has 1 aliphatic rings. The molecule has 32 heavy (non-hydrogen) atoms. The average molecular weight is 450 g/mol. The lowest BCUT2D eigenvalue weighted by atomic mass is 10.1. The summed E-state index contributed by atoms with van der Waals surface area (Å²) >= 11 is 1.54. The molecule has 2 N–H and O–H groups in total. The molecule has 1 atom stereocenters. The van der Waals surface area contributed by atoms with Gasteiger partial charge in [-0.15, -0.1) is 11.8 Å². The number of hydrogen-bond acceptors (Lipinski definition) is 9. The maximum Gasteiger partial charge on any atom is 0.161 e. The zero-order valence-corrected chi connectivity index (χ0v) is 18.6. The predicted octanol–water partition coefficient (Wildman–Crippen LogP) is 3.22. The highest BCUT2D eigenvalue weighted by atomic mass is 32.2. The van der Waals surface area contributed by atoms with Gasteiger partial charge in [-0.2, -0.15) is 5.10 Å². The Bertz CT molecular complexity index is 1140. The van der Waals surface area contributed by atoms with E-state index < -0.39 is 0 Å². The van der Waals surface area contributed by atoms with Crippen molar-refractivity contribution in [3.05, 3.63) is 66.0 Å². The van der Waals surface area contributed by atoms with Gasteiger partial charge in [-0.1, -0.05) is 18.2 Å². The van der Waals surface area contributed by atoms with Crippen LogP contribution in [0.4, 0.5) is 5.69 Å². The SMILES string of the molecule is COc1ccc(C2=NN(Cc3cccc(-c4ncc(N)cn4)c3)C(C=O)SC2)cc1OC. The number of rotatable bonds is 7. The molecule has 0 aliphatic carbocycles. The summed E-state index contributed by atoms with van der Waals surface area (Å²) in [6.07, 6.45) is 4.09. The molecule has 0 saturated carbocycles. The lowest BCUT2D eigenvalue weighted by Crippen LogP contribution is -2.35. The van der Waals surface area contributed by atoms with Gasteiger partial charge < -0.3 is 20.0 Å². The van der Waals surface area contributed by atoms with Crippen LogP contribution >= 0.6 is 11.8 Å². The highest BCUT2D eigenvalue weighted by Gasteiger charge is 2.25. The van der Waals surface area contributed by atoms with E-state index >= 15 is 0 Å². The van der Waals surface area contributed by atoms with Gasteiger partial charge in [0, 0.05) is 16.9 Å². The molecule has 4 rings (SSSR count). The van der Waals surface area contributed by atoms with Crippen LogP contribution in [0.25, 0.3) is 11.4 Å². The highest BCUT2D eigenvalue weighted by Crippen LogP contribution is 2.31. The van der Waals surface area contributed by atoms with Crippen molar-refractivity contribution >= 4 is 29.4 Å². The Hall–Kier alpha value is -3.59. The number of nitrogens with zero attached hydrogens (tertiary/aromatic N) is 4. The first kappa shape index (κ1) is 21.6. The molecular formula is C23H23N5O3S. The Labute approximate surface area is 190 Å². The van der Waals surface area contributed by atoms with Crippen molar-refractivity contribution in [3.8, 4) is 22.9 Å². The van der Waals surface area contributed by atoms with Gasteiger partial charge in [0.1, 0.15) is 5.37 Å². The quantitative estimate of drug-likeness (QED) is 0.549. The molecule has 0 amide bonds. The highest BCUT2D eigenvalue weighted by molar-refractivity contribution is 8.01. The first-order chi connectivity index (χ1) is 15.6. The van der Waals surface area contributed by atoms with Crippen molar-refractivity contribution in [2.45, 2.75) is 11.9 Å². The third kappa shape index (κ3) is 4.67. The number of methoxy groups -OCH3 is 2. The molecular weight excluding hydrogens is 426 g/mol. The zero-order valence-electron chi connectivity index (χ0n) is 17.8. The normalized spacial score (nSPS) is 15.8. The number of benzene rings is 2. The van der Waals surface area contributed by atoms with E-state index in [0.717, 1.165) is 28.7 Å². The average Bonchev–Trinajstić information content (AvgIpc) is 2.84. The Morgan fingerprint density at radius 3 is 2.59 bits per heavy atom. The number of ether oxygens (including phenoxy) is 2. The van der Waals surface area contributed by atoms with E-state index in [1.165, 1.54) is 11.8 Å². The fourth-order valence-electron chi connectivity index (χ4n) is 3.37. The number of nitrogen functional groups attached to an aromatic ring is 1. The second-order valence-electron chi connectivity index (χ2n) is 7.09. The summed E-state index contributed by atoms with van der Waals surface area (Å²) in [4.78, 5) is 20.3. The van der Waals surface area contributed by atoms with E-state index in [9.17, 15) is 4.79 Å². The van der Waals surface area contributed by atoms with E-state index in [4.69, 9.17) is 20.3 Å². The standard InChI is InChI=1S/C23H23N5O3S/c1-30-20-7-6-16(9-21(20)31-2)19-14-32-22(13-29)28(27-19)12-15-4-3-5-17(8-15)23-25-10-18(24)11-26-23/h3-11,13,22H,12,14,24H2,1-2H3. The second-order valence-corrected chi connectivity index (χ2v) is 8.20. The third-order valence-electron chi connectivity index (χ3n) is 4.97. The minimum atomic E-state index is -0.365. The summed E-state index contributed by atoms with van der Waals surface area (Å²) in [5.74, 6) is 2.51. The van der Waals surface area contributed by atoms with Crippen molar-refractivity contribution in [3.63, 3.8) is 0 Å². The Balaban J connectivity index is 1.61. The number of aromatic nitrogens is 2. The van der Waals surface area contributed by atoms with Crippen molar-refractivity contribution in [2.24, 2.45) is 5.10 Å². The van der Waals surface area contributed by atoms with Gasteiger partial charge in [-0.05, 0) is 29.8 Å². The molecule has 1 unspecified atom stereocenters. The first-order valence-electron chi connectivity index (χ1n) is 9.91. The van der Waals surface area contributed by atoms with Gasteiger partial charge >= 0.3 is 0 Å². The number of thioether (sulfide) groups is 1. The topological polar surface area (TPSA) is 103 Å². The van der Waals surface area contributed by atoms with Gasteiger partial charge in [0.2, 0.25) is 0 Å². The molecule has 0 saturated heterocycles. The summed E-state index contributed by atoms with van der Waals surface area (Å²) in [7, 11) is 3.21. The second kappa shape index (κ2) is 9.69. The number of nitrogens with two attached hydrogens (primary N) is 1. The van der Waals surface area contributed by atoms with Crippen molar-refractivity contribution < 1.29 is 14.3 Å². The number of carbonyl (C=O) groups is 1. The van der Waals surface area contributed by atoms with Crippen LogP contribution in [0.1, 0.15) is 11.1 Å². The molecule has 3 aromatic rings. The number of aldehydes is 1. The number of hydrogen-bond donors (Lipinski definition) is 1. The smallest absolute Gasteiger partial charge is 0.161 e. The van der Waals surface area contributed by atoms with Crippen LogP contribution in [0.3, 0.4) is 0 Å². The number of anilines is 1. The van der Waals surface area contributed by atoms with Crippen molar-refractivity contribution in [2.75, 3.05) is 25.7 Å². The van der Waals surface area contributed by atoms with E-state index in [1.807, 2.05) is 42.5 Å². The molecule has 0 bridgehead atoms. The fourth-order valence-corrected chi connectivity index (χ4v) is 4.29. The Morgan fingerprint density at radius 2 is 1.88 bits per heavy atom. The van der Waals surface area contributed by atoms with Gasteiger partial charge in [-0.3, -0.25) is 5.01 Å². The van der Waals surface area contributed by atoms with Crippen molar-refractivity contribution in [1.82, 2.24) is 15.0 Å². The molecule has 9 heteroatoms. The molecule has 1 aromatic heterocycles. The predicted molar refractivity (Wildman–Crippen MR) is 126 cm³/mol. The maximum atomic E-state index is 11.7. The number of carbonyl (C=O) groups excluding carboxylic acids is 1. The molecule has 0 radical (unpaired) electrons. The molecule has 2 aromatic carbocycles.